The fourth-order valence-electron chi connectivity index (χ4n) is 2.76. The Morgan fingerprint density at radius 1 is 1.42 bits per heavy atom. The van der Waals surface area contributed by atoms with Gasteiger partial charge in [0.2, 0.25) is 5.91 Å². The van der Waals surface area contributed by atoms with E-state index in [-0.39, 0.29) is 11.8 Å². The van der Waals surface area contributed by atoms with Crippen LogP contribution in [0.1, 0.15) is 31.2 Å². The molecule has 100 valence electrons. The molecule has 1 aromatic rings. The predicted molar refractivity (Wildman–Crippen MR) is 77.5 cm³/mol. The normalized spacial score (nSPS) is 22.5. The lowest BCUT2D eigenvalue weighted by atomic mass is 9.78. The molecule has 1 saturated carbocycles. The summed E-state index contributed by atoms with van der Waals surface area (Å²) in [6, 6.07) is 7.38. The molecule has 3 heteroatoms. The first-order chi connectivity index (χ1) is 9.24. The number of nitrogens with one attached hydrogen (secondary N) is 1. The van der Waals surface area contributed by atoms with Crippen molar-refractivity contribution in [3.63, 3.8) is 0 Å². The molecule has 0 spiro atoms. The summed E-state index contributed by atoms with van der Waals surface area (Å²) in [6.07, 6.45) is 9.63. The SMILES string of the molecule is C#Cc1cccc(NC(=O)C2CCCCC2CN)c1. The number of rotatable bonds is 3. The average Bonchev–Trinajstić information content (AvgIpc) is 2.47. The van der Waals surface area contributed by atoms with E-state index < -0.39 is 0 Å². The molecule has 1 aliphatic carbocycles. The van der Waals surface area contributed by atoms with Crippen molar-refractivity contribution < 1.29 is 4.79 Å². The van der Waals surface area contributed by atoms with Gasteiger partial charge in [-0.1, -0.05) is 24.8 Å². The van der Waals surface area contributed by atoms with Crippen molar-refractivity contribution in [3.05, 3.63) is 29.8 Å². The molecule has 0 saturated heterocycles. The van der Waals surface area contributed by atoms with Crippen LogP contribution in [0, 0.1) is 24.2 Å². The van der Waals surface area contributed by atoms with Crippen molar-refractivity contribution in [1.29, 1.82) is 0 Å². The molecule has 19 heavy (non-hydrogen) atoms. The van der Waals surface area contributed by atoms with Crippen molar-refractivity contribution in [3.8, 4) is 12.3 Å². The third kappa shape index (κ3) is 3.36. The van der Waals surface area contributed by atoms with Crippen molar-refractivity contribution in [2.24, 2.45) is 17.6 Å². The van der Waals surface area contributed by atoms with Crippen LogP contribution in [-0.2, 0) is 4.79 Å². The van der Waals surface area contributed by atoms with Gasteiger partial charge in [-0.15, -0.1) is 6.42 Å². The molecule has 2 atom stereocenters. The highest BCUT2D eigenvalue weighted by molar-refractivity contribution is 5.93. The molecular formula is C16H20N2O. The molecule has 0 heterocycles. The van der Waals surface area contributed by atoms with E-state index in [0.29, 0.717) is 12.5 Å². The fourth-order valence-corrected chi connectivity index (χ4v) is 2.76. The van der Waals surface area contributed by atoms with Gasteiger partial charge in [0.1, 0.15) is 0 Å². The van der Waals surface area contributed by atoms with Gasteiger partial charge < -0.3 is 11.1 Å². The Bertz CT molecular complexity index is 490. The van der Waals surface area contributed by atoms with Crippen molar-refractivity contribution in [1.82, 2.24) is 0 Å². The maximum absolute atomic E-state index is 12.3. The van der Waals surface area contributed by atoms with Gasteiger partial charge in [0.05, 0.1) is 0 Å². The second-order valence-electron chi connectivity index (χ2n) is 5.10. The van der Waals surface area contributed by atoms with Gasteiger partial charge in [0.15, 0.2) is 0 Å². The molecule has 1 amide bonds. The monoisotopic (exact) mass is 256 g/mol. The fraction of sp³-hybridized carbons (Fsp3) is 0.438. The number of anilines is 1. The van der Waals surface area contributed by atoms with Crippen LogP contribution in [0.2, 0.25) is 0 Å². The molecule has 0 radical (unpaired) electrons. The molecule has 2 rings (SSSR count). The zero-order valence-corrected chi connectivity index (χ0v) is 11.1. The van der Waals surface area contributed by atoms with Crippen molar-refractivity contribution in [2.75, 3.05) is 11.9 Å². The van der Waals surface area contributed by atoms with E-state index in [1.807, 2.05) is 24.3 Å². The Morgan fingerprint density at radius 3 is 2.95 bits per heavy atom. The van der Waals surface area contributed by atoms with Crippen LogP contribution in [0.15, 0.2) is 24.3 Å². The standard InChI is InChI=1S/C16H20N2O/c1-2-12-6-5-8-14(10-12)18-16(19)15-9-4-3-7-13(15)11-17/h1,5-6,8,10,13,15H,3-4,7,9,11,17H2,(H,18,19). The van der Waals surface area contributed by atoms with E-state index in [1.165, 1.54) is 6.42 Å². The van der Waals surface area contributed by atoms with Gasteiger partial charge in [-0.3, -0.25) is 4.79 Å². The molecule has 1 aliphatic rings. The summed E-state index contributed by atoms with van der Waals surface area (Å²) in [4.78, 5) is 12.3. The summed E-state index contributed by atoms with van der Waals surface area (Å²) in [7, 11) is 0. The zero-order chi connectivity index (χ0) is 13.7. The van der Waals surface area contributed by atoms with Gasteiger partial charge in [-0.25, -0.2) is 0 Å². The summed E-state index contributed by atoms with van der Waals surface area (Å²) in [6.45, 7) is 0.586. The lowest BCUT2D eigenvalue weighted by Crippen LogP contribution is -2.35. The first-order valence-corrected chi connectivity index (χ1v) is 6.82. The first-order valence-electron chi connectivity index (χ1n) is 6.82. The third-order valence-electron chi connectivity index (χ3n) is 3.85. The summed E-state index contributed by atoms with van der Waals surface area (Å²) in [5, 5.41) is 2.96. The third-order valence-corrected chi connectivity index (χ3v) is 3.85. The first kappa shape index (κ1) is 13.6. The molecule has 3 nitrogen and oxygen atoms in total. The average molecular weight is 256 g/mol. The van der Waals surface area contributed by atoms with Crippen LogP contribution in [0.3, 0.4) is 0 Å². The summed E-state index contributed by atoms with van der Waals surface area (Å²) >= 11 is 0. The van der Waals surface area contributed by atoms with E-state index >= 15 is 0 Å². The van der Waals surface area contributed by atoms with E-state index in [1.54, 1.807) is 0 Å². The lowest BCUT2D eigenvalue weighted by molar-refractivity contribution is -0.122. The maximum Gasteiger partial charge on any atom is 0.227 e. The van der Waals surface area contributed by atoms with Gasteiger partial charge in [-0.05, 0) is 43.5 Å². The van der Waals surface area contributed by atoms with Crippen molar-refractivity contribution in [2.45, 2.75) is 25.7 Å². The molecule has 0 aromatic heterocycles. The highest BCUT2D eigenvalue weighted by Crippen LogP contribution is 2.30. The van der Waals surface area contributed by atoms with Crippen LogP contribution >= 0.6 is 0 Å². The van der Waals surface area contributed by atoms with Crippen LogP contribution in [-0.4, -0.2) is 12.5 Å². The number of hydrogen-bond acceptors (Lipinski definition) is 2. The number of carbonyl (C=O) groups is 1. The molecule has 1 aromatic carbocycles. The summed E-state index contributed by atoms with van der Waals surface area (Å²) in [5.41, 5.74) is 7.30. The number of benzene rings is 1. The predicted octanol–water partition coefficient (Wildman–Crippen LogP) is 2.37. The Balaban J connectivity index is 2.05. The highest BCUT2D eigenvalue weighted by atomic mass is 16.1. The van der Waals surface area contributed by atoms with Gasteiger partial charge in [0.25, 0.3) is 0 Å². The Kier molecular flexibility index (Phi) is 4.59. The number of carbonyl (C=O) groups excluding carboxylic acids is 1. The van der Waals surface area contributed by atoms with Crippen LogP contribution in [0.25, 0.3) is 0 Å². The lowest BCUT2D eigenvalue weighted by Gasteiger charge is -2.29. The number of hydrogen-bond donors (Lipinski definition) is 2. The molecule has 0 aliphatic heterocycles. The van der Waals surface area contributed by atoms with E-state index in [2.05, 4.69) is 11.2 Å². The second kappa shape index (κ2) is 6.40. The van der Waals surface area contributed by atoms with Gasteiger partial charge in [0, 0.05) is 17.2 Å². The Hall–Kier alpha value is -1.79. The van der Waals surface area contributed by atoms with Gasteiger partial charge in [-0.2, -0.15) is 0 Å². The molecule has 2 unspecified atom stereocenters. The highest BCUT2D eigenvalue weighted by Gasteiger charge is 2.29. The minimum Gasteiger partial charge on any atom is -0.330 e. The number of amides is 1. The van der Waals surface area contributed by atoms with Crippen molar-refractivity contribution >= 4 is 11.6 Å². The Morgan fingerprint density at radius 2 is 2.21 bits per heavy atom. The minimum atomic E-state index is 0.0354. The molecule has 0 bridgehead atoms. The molecular weight excluding hydrogens is 236 g/mol. The topological polar surface area (TPSA) is 55.1 Å². The minimum absolute atomic E-state index is 0.0354. The zero-order valence-electron chi connectivity index (χ0n) is 11.1. The smallest absolute Gasteiger partial charge is 0.227 e. The van der Waals surface area contributed by atoms with Gasteiger partial charge >= 0.3 is 0 Å². The summed E-state index contributed by atoms with van der Waals surface area (Å²) in [5.74, 6) is 2.99. The summed E-state index contributed by atoms with van der Waals surface area (Å²) < 4.78 is 0. The van der Waals surface area contributed by atoms with E-state index in [0.717, 1.165) is 30.5 Å². The number of terminal acetylenes is 1. The molecule has 3 N–H and O–H groups in total. The quantitative estimate of drug-likeness (QED) is 0.816. The van der Waals surface area contributed by atoms with Crippen LogP contribution < -0.4 is 11.1 Å². The van der Waals surface area contributed by atoms with E-state index in [4.69, 9.17) is 12.2 Å². The maximum atomic E-state index is 12.3. The second-order valence-corrected chi connectivity index (χ2v) is 5.10. The largest absolute Gasteiger partial charge is 0.330 e. The van der Waals surface area contributed by atoms with Crippen LogP contribution in [0.5, 0.6) is 0 Å². The Labute approximate surface area is 114 Å². The van der Waals surface area contributed by atoms with E-state index in [9.17, 15) is 4.79 Å². The molecule has 1 fully saturated rings. The van der Waals surface area contributed by atoms with Crippen LogP contribution in [0.4, 0.5) is 5.69 Å². The number of nitrogens with two attached hydrogens (primary N) is 1.